The second-order valence-electron chi connectivity index (χ2n) is 19.9. The van der Waals surface area contributed by atoms with Gasteiger partial charge in [-0.15, -0.1) is 23.2 Å². The molecule has 10 fully saturated rings. The van der Waals surface area contributed by atoms with Crippen LogP contribution >= 0.6 is 34.8 Å². The lowest BCUT2D eigenvalue weighted by atomic mass is 9.52. The number of fused-ring (bicyclic) bond motifs is 9. The van der Waals surface area contributed by atoms with E-state index in [0.29, 0.717) is 47.4 Å². The minimum absolute atomic E-state index is 0. The molecule has 9 saturated carbocycles. The van der Waals surface area contributed by atoms with Gasteiger partial charge in [0.2, 0.25) is 11.1 Å². The number of hydrogen-bond donors (Lipinski definition) is 2. The molecule has 0 aromatic carbocycles. The predicted molar refractivity (Wildman–Crippen MR) is 235 cm³/mol. The fraction of sp³-hybridized carbons (Fsp3) is 0.891. The van der Waals surface area contributed by atoms with Crippen molar-refractivity contribution >= 4 is 63.5 Å². The average Bonchev–Trinajstić information content (AvgIpc) is 3.66. The Morgan fingerprint density at radius 2 is 0.898 bits per heavy atom. The second kappa shape index (κ2) is 22.3. The van der Waals surface area contributed by atoms with Crippen LogP contribution in [0.4, 0.5) is 4.70 Å². The van der Waals surface area contributed by atoms with Gasteiger partial charge in [-0.05, 0) is 203 Å². The number of hydrogen-bond acceptors (Lipinski definition) is 7. The zero-order chi connectivity index (χ0) is 42.7. The van der Waals surface area contributed by atoms with E-state index in [1.807, 2.05) is 6.92 Å². The van der Waals surface area contributed by atoms with Gasteiger partial charge in [0.1, 0.15) is 11.6 Å². The molecular weight excluding hydrogens is 820 g/mol. The second-order valence-corrected chi connectivity index (χ2v) is 21.0. The van der Waals surface area contributed by atoms with Gasteiger partial charge in [-0.25, -0.2) is 0 Å². The Kier molecular flexibility index (Phi) is 19.7. The summed E-state index contributed by atoms with van der Waals surface area (Å²) in [4.78, 5) is 56.9. The van der Waals surface area contributed by atoms with Crippen molar-refractivity contribution in [2.75, 3.05) is 25.6 Å². The molecule has 1 saturated heterocycles. The largest absolute Gasteiger partial charge is 0.481 e. The van der Waals surface area contributed by atoms with Gasteiger partial charge in [-0.2, -0.15) is 0 Å². The number of ether oxygens (including phenoxy) is 2. The molecule has 10 aliphatic rings. The van der Waals surface area contributed by atoms with Crippen LogP contribution < -0.4 is 5.32 Å². The van der Waals surface area contributed by atoms with E-state index in [4.69, 9.17) is 44.3 Å². The molecule has 2 N–H and O–H groups in total. The summed E-state index contributed by atoms with van der Waals surface area (Å²) in [6, 6.07) is 0. The summed E-state index contributed by atoms with van der Waals surface area (Å²) in [5.74, 6) is -0.0910. The number of halogens is 4. The third-order valence-corrected chi connectivity index (χ3v) is 16.9. The number of carboxylic acid groups (broad SMARTS) is 1. The van der Waals surface area contributed by atoms with Gasteiger partial charge in [0, 0.05) is 38.6 Å². The molecule has 10 rings (SSSR count). The number of carboxylic acids is 1. The number of aliphatic carboxylic acids is 1. The fourth-order valence-corrected chi connectivity index (χ4v) is 12.3. The van der Waals surface area contributed by atoms with Crippen molar-refractivity contribution in [3.8, 4) is 0 Å². The molecule has 1 heterocycles. The number of alkyl halides is 2. The number of amides is 1. The normalized spacial score (nSPS) is 34.4. The summed E-state index contributed by atoms with van der Waals surface area (Å²) in [6.07, 6.45) is 28.0. The maximum absolute atomic E-state index is 12.0. The first-order valence-electron chi connectivity index (χ1n) is 22.4. The Labute approximate surface area is 370 Å². The molecule has 13 heteroatoms. The first-order valence-corrected chi connectivity index (χ1v) is 23.9. The zero-order valence-electron chi connectivity index (χ0n) is 36.6. The first kappa shape index (κ1) is 52.0. The van der Waals surface area contributed by atoms with Crippen LogP contribution in [0.2, 0.25) is 0 Å². The van der Waals surface area contributed by atoms with E-state index in [2.05, 4.69) is 5.32 Å². The van der Waals surface area contributed by atoms with Gasteiger partial charge in [-0.3, -0.25) is 19.1 Å². The zero-order valence-corrected chi connectivity index (χ0v) is 38.8. The number of carbonyl (C=O) groups is 5. The standard InChI is InChI=1S/C16H26O4.C15H25NO2.C14H21ClO2.CH2Cl2.FH.H2/c1-14(19-11-12-20-14)3-2-4-15-5-8-16(9-6-15,10-7-15)13(17)18;1-12(17)4-3-5-14-6-9-15(10-7-14,11-8-14)13(18)16-2;1-11(16)3-2-4-13-5-8-14(9-6-13,10-7-13)12(15)17;2-1-3;;/h2-12H2,1H3,(H,17,18);3-11H2,1-2H3,(H,16,18);2-10H2,1H3;1H2;2*1H/i;;;;;1+2. The van der Waals surface area contributed by atoms with Crippen LogP contribution in [0.15, 0.2) is 0 Å². The molecule has 0 atom stereocenters. The van der Waals surface area contributed by atoms with Crippen molar-refractivity contribution in [1.82, 2.24) is 5.32 Å². The van der Waals surface area contributed by atoms with Crippen molar-refractivity contribution in [2.45, 2.75) is 200 Å². The molecule has 1 amide bonds. The molecule has 0 aromatic heterocycles. The molecule has 0 spiro atoms. The fourth-order valence-electron chi connectivity index (χ4n) is 12.0. The molecule has 9 nitrogen and oxygen atoms in total. The predicted octanol–water partition coefficient (Wildman–Crippen LogP) is 11.8. The summed E-state index contributed by atoms with van der Waals surface area (Å²) in [6.45, 7) is 6.80. The van der Waals surface area contributed by atoms with E-state index in [0.717, 1.165) is 135 Å². The summed E-state index contributed by atoms with van der Waals surface area (Å²) in [7, 11) is 1.75. The highest BCUT2D eigenvalue weighted by atomic mass is 35.5. The number of rotatable bonds is 15. The Hall–Kier alpha value is -1.33. The van der Waals surface area contributed by atoms with E-state index in [9.17, 15) is 29.1 Å². The summed E-state index contributed by atoms with van der Waals surface area (Å²) in [5.41, 5.74) is 0.646. The molecule has 1 aliphatic heterocycles. The van der Waals surface area contributed by atoms with Crippen LogP contribution in [0.5, 0.6) is 0 Å². The van der Waals surface area contributed by atoms with Gasteiger partial charge in [0.05, 0.1) is 24.0 Å². The number of nitrogens with one attached hydrogen (secondary N) is 1. The van der Waals surface area contributed by atoms with Crippen molar-refractivity contribution in [1.29, 1.82) is 0 Å². The maximum Gasteiger partial charge on any atom is 0.309 e. The van der Waals surface area contributed by atoms with E-state index < -0.39 is 5.97 Å². The van der Waals surface area contributed by atoms with Crippen molar-refractivity contribution in [3.63, 3.8) is 0 Å². The molecule has 59 heavy (non-hydrogen) atoms. The quantitative estimate of drug-likeness (QED) is 0.122. The first-order chi connectivity index (χ1) is 27.4. The lowest BCUT2D eigenvalue weighted by Gasteiger charge is -2.52. The monoisotopic (exact) mass is 897 g/mol. The Bertz CT molecular complexity index is 1360. The van der Waals surface area contributed by atoms with Crippen LogP contribution in [0, 0.1) is 32.5 Å². The van der Waals surface area contributed by atoms with E-state index in [1.54, 1.807) is 20.9 Å². The van der Waals surface area contributed by atoms with E-state index >= 15 is 0 Å². The summed E-state index contributed by atoms with van der Waals surface area (Å²) in [5, 5.41) is 12.3. The molecule has 6 bridgehead atoms. The van der Waals surface area contributed by atoms with E-state index in [1.165, 1.54) is 32.1 Å². The Balaban J connectivity index is 0.000000296. The molecule has 0 radical (unpaired) electrons. The van der Waals surface area contributed by atoms with Crippen molar-refractivity contribution in [3.05, 3.63) is 0 Å². The van der Waals surface area contributed by atoms with Crippen LogP contribution in [0.1, 0.15) is 196 Å². The minimum Gasteiger partial charge on any atom is -0.481 e. The van der Waals surface area contributed by atoms with Crippen molar-refractivity contribution < 1.29 is 44.7 Å². The van der Waals surface area contributed by atoms with Gasteiger partial charge in [0.25, 0.3) is 0 Å². The lowest BCUT2D eigenvalue weighted by Crippen LogP contribution is -2.49. The van der Waals surface area contributed by atoms with Gasteiger partial charge in [-0.1, -0.05) is 0 Å². The van der Waals surface area contributed by atoms with Crippen LogP contribution in [0.25, 0.3) is 0 Å². The van der Waals surface area contributed by atoms with Crippen LogP contribution in [-0.2, 0) is 33.4 Å². The van der Waals surface area contributed by atoms with Crippen LogP contribution in [-0.4, -0.2) is 65.2 Å². The number of carbonyl (C=O) groups excluding carboxylic acids is 4. The smallest absolute Gasteiger partial charge is 0.309 e. The highest BCUT2D eigenvalue weighted by Crippen LogP contribution is 2.61. The molecular formula is C46H77Cl3FNO8. The highest BCUT2D eigenvalue weighted by molar-refractivity contribution is 6.64. The highest BCUT2D eigenvalue weighted by Gasteiger charge is 2.54. The summed E-state index contributed by atoms with van der Waals surface area (Å²) >= 11 is 15.3. The molecule has 342 valence electrons. The third-order valence-electron chi connectivity index (χ3n) is 16.5. The molecule has 0 unspecified atom stereocenters. The summed E-state index contributed by atoms with van der Waals surface area (Å²) < 4.78 is 11.3. The number of Topliss-reactive ketones (excluding diaryl/α,β-unsaturated/α-hetero) is 2. The van der Waals surface area contributed by atoms with Crippen molar-refractivity contribution in [2.24, 2.45) is 32.5 Å². The lowest BCUT2D eigenvalue weighted by molar-refractivity contribution is -0.160. The molecule has 9 aliphatic carbocycles. The Morgan fingerprint density at radius 3 is 1.20 bits per heavy atom. The SMILES string of the molecule is CC(=O)CCCC12CCC(C(=O)Cl)(CC1)CC2.CC1(CCCC23CCC(C(=O)O)(CC2)CC3)OCCO1.CNC(=O)C12CCC(CCCC(C)=O)(CC1)CC2.ClCCl.F.[3HH]. The minimum atomic E-state index is -0.564. The Morgan fingerprint density at radius 1 is 0.576 bits per heavy atom. The van der Waals surface area contributed by atoms with Crippen LogP contribution in [0.3, 0.4) is 0 Å². The van der Waals surface area contributed by atoms with Gasteiger partial charge in [0.15, 0.2) is 5.79 Å². The van der Waals surface area contributed by atoms with E-state index in [-0.39, 0.29) is 44.7 Å². The topological polar surface area (TPSA) is 136 Å². The van der Waals surface area contributed by atoms with Gasteiger partial charge < -0.3 is 29.5 Å². The average molecular weight is 899 g/mol. The van der Waals surface area contributed by atoms with Gasteiger partial charge >= 0.3 is 5.97 Å². The third kappa shape index (κ3) is 13.3. The molecule has 0 aromatic rings. The number of ketones is 2. The maximum atomic E-state index is 12.0.